The first kappa shape index (κ1) is 20.4. The second kappa shape index (κ2) is 9.24. The fraction of sp³-hybridized carbons (Fsp3) is 0.250. The summed E-state index contributed by atoms with van der Waals surface area (Å²) in [6, 6.07) is 11.1. The van der Waals surface area contributed by atoms with Crippen molar-refractivity contribution in [3.63, 3.8) is 0 Å². The summed E-state index contributed by atoms with van der Waals surface area (Å²) in [6.07, 6.45) is 1.63. The van der Waals surface area contributed by atoms with E-state index >= 15 is 0 Å². The Kier molecular flexibility index (Phi) is 6.50. The van der Waals surface area contributed by atoms with E-state index in [4.69, 9.17) is 31.2 Å². The molecule has 9 heteroatoms. The lowest BCUT2D eigenvalue weighted by molar-refractivity contribution is 0.340. The monoisotopic (exact) mass is 414 g/mol. The van der Waals surface area contributed by atoms with Crippen LogP contribution in [0.2, 0.25) is 0 Å². The fourth-order valence-corrected chi connectivity index (χ4v) is 2.93. The third kappa shape index (κ3) is 4.40. The Bertz CT molecular complexity index is 1070. The zero-order valence-corrected chi connectivity index (χ0v) is 17.4. The molecule has 1 aromatic heterocycles. The summed E-state index contributed by atoms with van der Waals surface area (Å²) in [6.45, 7) is 2.51. The van der Waals surface area contributed by atoms with E-state index in [0.717, 1.165) is 11.3 Å². The second-order valence-corrected chi connectivity index (χ2v) is 6.21. The fourth-order valence-electron chi connectivity index (χ4n) is 2.75. The van der Waals surface area contributed by atoms with E-state index in [-0.39, 0.29) is 0 Å². The lowest BCUT2D eigenvalue weighted by atomic mass is 10.2. The van der Waals surface area contributed by atoms with Crippen molar-refractivity contribution >= 4 is 18.4 Å². The lowest BCUT2D eigenvalue weighted by Gasteiger charge is -2.11. The number of rotatable bonds is 8. The highest BCUT2D eigenvalue weighted by molar-refractivity contribution is 7.71. The normalized spacial score (nSPS) is 10.9. The molecule has 0 aliphatic heterocycles. The number of methoxy groups -OCH3 is 3. The van der Waals surface area contributed by atoms with E-state index in [2.05, 4.69) is 15.3 Å². The minimum Gasteiger partial charge on any atom is -0.496 e. The summed E-state index contributed by atoms with van der Waals surface area (Å²) >= 11 is 5.35. The van der Waals surface area contributed by atoms with Gasteiger partial charge in [-0.15, -0.1) is 0 Å². The van der Waals surface area contributed by atoms with Crippen LogP contribution in [-0.4, -0.2) is 49.0 Å². The van der Waals surface area contributed by atoms with Crippen molar-refractivity contribution in [1.29, 1.82) is 0 Å². The maximum Gasteiger partial charge on any atom is 0.216 e. The predicted octanol–water partition coefficient (Wildman–Crippen LogP) is 3.91. The summed E-state index contributed by atoms with van der Waals surface area (Å²) in [7, 11) is 4.71. The number of benzene rings is 2. The van der Waals surface area contributed by atoms with Crippen LogP contribution in [-0.2, 0) is 0 Å². The molecule has 0 atom stereocenters. The molecule has 1 N–H and O–H groups in total. The number of aromatic amines is 1. The molecule has 0 saturated heterocycles. The summed E-state index contributed by atoms with van der Waals surface area (Å²) in [4.78, 5) is 0. The first-order valence-corrected chi connectivity index (χ1v) is 9.27. The van der Waals surface area contributed by atoms with Crippen molar-refractivity contribution in [1.82, 2.24) is 14.9 Å². The van der Waals surface area contributed by atoms with E-state index in [9.17, 15) is 0 Å². The van der Waals surface area contributed by atoms with Crippen LogP contribution in [0.1, 0.15) is 12.5 Å². The molecule has 8 nitrogen and oxygen atoms in total. The van der Waals surface area contributed by atoms with Crippen molar-refractivity contribution in [2.75, 3.05) is 27.9 Å². The van der Waals surface area contributed by atoms with Crippen molar-refractivity contribution in [2.45, 2.75) is 6.92 Å². The van der Waals surface area contributed by atoms with Crippen LogP contribution < -0.4 is 18.9 Å². The van der Waals surface area contributed by atoms with Crippen LogP contribution >= 0.6 is 12.2 Å². The van der Waals surface area contributed by atoms with E-state index in [1.807, 2.05) is 31.2 Å². The van der Waals surface area contributed by atoms with Gasteiger partial charge in [-0.3, -0.25) is 0 Å². The van der Waals surface area contributed by atoms with Crippen LogP contribution in [0, 0.1) is 4.77 Å². The van der Waals surface area contributed by atoms with Crippen LogP contribution in [0.5, 0.6) is 23.0 Å². The molecule has 0 amide bonds. The van der Waals surface area contributed by atoms with Crippen LogP contribution in [0.25, 0.3) is 11.4 Å². The molecular formula is C20H22N4O4S. The van der Waals surface area contributed by atoms with E-state index < -0.39 is 0 Å². The molecule has 2 aromatic carbocycles. The van der Waals surface area contributed by atoms with Crippen LogP contribution in [0.3, 0.4) is 0 Å². The molecule has 29 heavy (non-hydrogen) atoms. The average Bonchev–Trinajstić information content (AvgIpc) is 3.12. The van der Waals surface area contributed by atoms with Gasteiger partial charge in [-0.25, -0.2) is 5.10 Å². The molecule has 0 aliphatic rings. The molecule has 3 rings (SSSR count). The van der Waals surface area contributed by atoms with Gasteiger partial charge >= 0.3 is 0 Å². The third-order valence-corrected chi connectivity index (χ3v) is 4.37. The van der Waals surface area contributed by atoms with Gasteiger partial charge in [0.25, 0.3) is 0 Å². The van der Waals surface area contributed by atoms with Gasteiger partial charge in [-0.1, -0.05) is 12.1 Å². The molecule has 3 aromatic rings. The Morgan fingerprint density at radius 1 is 1.07 bits per heavy atom. The topological polar surface area (TPSA) is 82.9 Å². The number of hydrogen-bond donors (Lipinski definition) is 1. The standard InChI is InChI=1S/C20H22N4O4S/c1-5-28-15-8-6-7-13(9-15)19-22-23-20(29)24(19)21-12-14-10-17(26-3)18(27-4)11-16(14)25-2/h6-12H,5H2,1-4H3,(H,23,29)/b21-12-. The van der Waals surface area contributed by atoms with E-state index in [1.165, 1.54) is 4.68 Å². The lowest BCUT2D eigenvalue weighted by Crippen LogP contribution is -1.99. The number of hydrogen-bond acceptors (Lipinski definition) is 7. The Labute approximate surface area is 173 Å². The Morgan fingerprint density at radius 2 is 1.79 bits per heavy atom. The summed E-state index contributed by atoms with van der Waals surface area (Å²) in [5.41, 5.74) is 1.52. The van der Waals surface area contributed by atoms with Crippen LogP contribution in [0.4, 0.5) is 0 Å². The zero-order chi connectivity index (χ0) is 20.8. The minimum atomic E-state index is 0.359. The Balaban J connectivity index is 2.02. The highest BCUT2D eigenvalue weighted by Gasteiger charge is 2.12. The van der Waals surface area contributed by atoms with Gasteiger partial charge in [0.15, 0.2) is 17.3 Å². The first-order valence-electron chi connectivity index (χ1n) is 8.86. The molecule has 0 saturated carbocycles. The van der Waals surface area contributed by atoms with Gasteiger partial charge in [0.05, 0.1) is 34.2 Å². The maximum absolute atomic E-state index is 5.57. The van der Waals surface area contributed by atoms with Gasteiger partial charge in [0.1, 0.15) is 11.5 Å². The summed E-state index contributed by atoms with van der Waals surface area (Å²) < 4.78 is 23.6. The Morgan fingerprint density at radius 3 is 2.48 bits per heavy atom. The van der Waals surface area contributed by atoms with Gasteiger partial charge in [-0.2, -0.15) is 14.9 Å². The number of H-pyrrole nitrogens is 1. The Hall–Kier alpha value is -3.33. The summed E-state index contributed by atoms with van der Waals surface area (Å²) in [5.74, 6) is 3.02. The third-order valence-electron chi connectivity index (χ3n) is 4.10. The maximum atomic E-state index is 5.57. The van der Waals surface area contributed by atoms with Crippen molar-refractivity contribution < 1.29 is 18.9 Å². The number of nitrogens with zero attached hydrogens (tertiary/aromatic N) is 3. The molecule has 1 heterocycles. The van der Waals surface area contributed by atoms with Gasteiger partial charge in [0.2, 0.25) is 4.77 Å². The molecule has 0 fully saturated rings. The molecule has 0 radical (unpaired) electrons. The molecular weight excluding hydrogens is 392 g/mol. The van der Waals surface area contributed by atoms with Crippen molar-refractivity contribution in [3.05, 3.63) is 46.7 Å². The van der Waals surface area contributed by atoms with E-state index in [0.29, 0.717) is 40.0 Å². The van der Waals surface area contributed by atoms with E-state index in [1.54, 1.807) is 39.7 Å². The molecule has 0 unspecified atom stereocenters. The molecule has 0 bridgehead atoms. The SMILES string of the molecule is CCOc1cccc(-c2n[nH]c(=S)n2/N=C\c2cc(OC)c(OC)cc2OC)c1. The van der Waals surface area contributed by atoms with Crippen LogP contribution in [0.15, 0.2) is 41.5 Å². The number of ether oxygens (including phenoxy) is 4. The summed E-state index contributed by atoms with van der Waals surface area (Å²) in [5, 5.41) is 11.6. The van der Waals surface area contributed by atoms with Crippen molar-refractivity contribution in [3.8, 4) is 34.4 Å². The highest BCUT2D eigenvalue weighted by Crippen LogP contribution is 2.34. The zero-order valence-electron chi connectivity index (χ0n) is 16.6. The first-order chi connectivity index (χ1) is 14.1. The molecule has 0 aliphatic carbocycles. The molecule has 152 valence electrons. The molecule has 0 spiro atoms. The predicted molar refractivity (Wildman–Crippen MR) is 113 cm³/mol. The number of aromatic nitrogens is 3. The smallest absolute Gasteiger partial charge is 0.216 e. The minimum absolute atomic E-state index is 0.359. The highest BCUT2D eigenvalue weighted by atomic mass is 32.1. The van der Waals surface area contributed by atoms with Crippen molar-refractivity contribution in [2.24, 2.45) is 5.10 Å². The second-order valence-electron chi connectivity index (χ2n) is 5.82. The van der Waals surface area contributed by atoms with Gasteiger partial charge < -0.3 is 18.9 Å². The van der Waals surface area contributed by atoms with Gasteiger partial charge in [-0.05, 0) is 37.3 Å². The average molecular weight is 414 g/mol. The quantitative estimate of drug-likeness (QED) is 0.444. The largest absolute Gasteiger partial charge is 0.496 e. The van der Waals surface area contributed by atoms with Gasteiger partial charge in [0, 0.05) is 17.2 Å². The number of nitrogens with one attached hydrogen (secondary N) is 1.